The molecule has 108 valence electrons. The van der Waals surface area contributed by atoms with Crippen LogP contribution in [0.5, 0.6) is 0 Å². The predicted octanol–water partition coefficient (Wildman–Crippen LogP) is 4.60. The summed E-state index contributed by atoms with van der Waals surface area (Å²) < 4.78 is 1.92. The van der Waals surface area contributed by atoms with E-state index in [-0.39, 0.29) is 10.6 Å². The van der Waals surface area contributed by atoms with Crippen molar-refractivity contribution in [1.82, 2.24) is 4.57 Å². The summed E-state index contributed by atoms with van der Waals surface area (Å²) in [5, 5.41) is 11.6. The molecule has 0 amide bonds. The number of benzene rings is 1. The van der Waals surface area contributed by atoms with E-state index in [4.69, 9.17) is 0 Å². The lowest BCUT2D eigenvalue weighted by Crippen LogP contribution is -1.88. The molecule has 1 heterocycles. The fourth-order valence-corrected chi connectivity index (χ4v) is 2.11. The molecule has 0 radical (unpaired) electrons. The molecule has 1 aromatic carbocycles. The van der Waals surface area contributed by atoms with Crippen molar-refractivity contribution in [2.45, 2.75) is 32.6 Å². The number of unbranched alkanes of at least 4 members (excludes halogenated alkanes) is 3. The maximum Gasteiger partial charge on any atom is 0.270 e. The van der Waals surface area contributed by atoms with Gasteiger partial charge in [-0.2, -0.15) is 0 Å². The summed E-state index contributed by atoms with van der Waals surface area (Å²) in [5.74, 6) is 6.13. The predicted molar refractivity (Wildman–Crippen MR) is 85.8 cm³/mol. The molecule has 0 saturated carbocycles. The zero-order valence-corrected chi connectivity index (χ0v) is 12.1. The molecule has 0 aliphatic carbocycles. The zero-order chi connectivity index (χ0) is 15.1. The minimum absolute atomic E-state index is 0.111. The summed E-state index contributed by atoms with van der Waals surface area (Å²) in [5.41, 5.74) is 1.05. The molecule has 4 heteroatoms. The standard InChI is InChI=1S/C17H18N2O2/c1-2-3-4-5-6-7-8-12-18-13-11-15-14-16(19(20)21)9-10-17(15)18/h8-14H,2-5H2,1H3/b12-8+. The Hall–Kier alpha value is -2.54. The lowest BCUT2D eigenvalue weighted by atomic mass is 10.2. The highest BCUT2D eigenvalue weighted by atomic mass is 16.6. The molecule has 2 aromatic rings. The third kappa shape index (κ3) is 3.96. The van der Waals surface area contributed by atoms with Crippen molar-refractivity contribution in [2.75, 3.05) is 0 Å². The van der Waals surface area contributed by atoms with Gasteiger partial charge in [-0.25, -0.2) is 0 Å². The van der Waals surface area contributed by atoms with Crippen LogP contribution in [-0.4, -0.2) is 9.49 Å². The molecule has 0 atom stereocenters. The van der Waals surface area contributed by atoms with E-state index in [1.54, 1.807) is 12.1 Å². The number of allylic oxidation sites excluding steroid dienone is 1. The molecule has 0 aliphatic rings. The minimum Gasteiger partial charge on any atom is -0.323 e. The number of nitro benzene ring substituents is 1. The number of hydrogen-bond donors (Lipinski definition) is 0. The smallest absolute Gasteiger partial charge is 0.270 e. The van der Waals surface area contributed by atoms with E-state index in [0.29, 0.717) is 0 Å². The third-order valence-electron chi connectivity index (χ3n) is 3.24. The summed E-state index contributed by atoms with van der Waals surface area (Å²) in [6.45, 7) is 2.18. The Morgan fingerprint density at radius 3 is 2.95 bits per heavy atom. The first-order valence-corrected chi connectivity index (χ1v) is 7.12. The van der Waals surface area contributed by atoms with Gasteiger partial charge in [-0.15, -0.1) is 0 Å². The summed E-state index contributed by atoms with van der Waals surface area (Å²) in [4.78, 5) is 10.4. The van der Waals surface area contributed by atoms with Gasteiger partial charge in [0, 0.05) is 42.4 Å². The molecule has 0 aliphatic heterocycles. The van der Waals surface area contributed by atoms with Gasteiger partial charge in [0.1, 0.15) is 0 Å². The van der Waals surface area contributed by atoms with E-state index in [1.807, 2.05) is 29.1 Å². The Morgan fingerprint density at radius 1 is 1.33 bits per heavy atom. The number of non-ortho nitro benzene ring substituents is 1. The SMILES string of the molecule is CCCCCC#C/C=C/n1ccc2cc([N+](=O)[O-])ccc21. The van der Waals surface area contributed by atoms with Gasteiger partial charge in [-0.05, 0) is 18.6 Å². The fourth-order valence-electron chi connectivity index (χ4n) is 2.11. The third-order valence-corrected chi connectivity index (χ3v) is 3.24. The highest BCUT2D eigenvalue weighted by molar-refractivity contribution is 5.84. The number of rotatable bonds is 5. The van der Waals surface area contributed by atoms with Crippen LogP contribution in [0.25, 0.3) is 17.1 Å². The van der Waals surface area contributed by atoms with Crippen LogP contribution in [0.2, 0.25) is 0 Å². The van der Waals surface area contributed by atoms with E-state index in [9.17, 15) is 10.1 Å². The maximum absolute atomic E-state index is 10.7. The highest BCUT2D eigenvalue weighted by Gasteiger charge is 2.07. The molecule has 1 aromatic heterocycles. The van der Waals surface area contributed by atoms with Crippen LogP contribution in [0.15, 0.2) is 36.5 Å². The van der Waals surface area contributed by atoms with Gasteiger partial charge in [-0.1, -0.05) is 31.6 Å². The van der Waals surface area contributed by atoms with Crippen LogP contribution < -0.4 is 0 Å². The molecule has 4 nitrogen and oxygen atoms in total. The van der Waals surface area contributed by atoms with Crippen LogP contribution in [-0.2, 0) is 0 Å². The molecular formula is C17H18N2O2. The number of aromatic nitrogens is 1. The van der Waals surface area contributed by atoms with Gasteiger partial charge in [0.2, 0.25) is 0 Å². The topological polar surface area (TPSA) is 48.1 Å². The molecule has 0 bridgehead atoms. The molecule has 2 rings (SSSR count). The lowest BCUT2D eigenvalue weighted by molar-refractivity contribution is -0.384. The van der Waals surface area contributed by atoms with Crippen LogP contribution in [0.4, 0.5) is 5.69 Å². The van der Waals surface area contributed by atoms with Crippen molar-refractivity contribution in [3.8, 4) is 11.8 Å². The maximum atomic E-state index is 10.7. The largest absolute Gasteiger partial charge is 0.323 e. The van der Waals surface area contributed by atoms with E-state index >= 15 is 0 Å². The second-order valence-corrected chi connectivity index (χ2v) is 4.82. The Labute approximate surface area is 124 Å². The van der Waals surface area contributed by atoms with Gasteiger partial charge in [-0.3, -0.25) is 10.1 Å². The second-order valence-electron chi connectivity index (χ2n) is 4.82. The van der Waals surface area contributed by atoms with Gasteiger partial charge >= 0.3 is 0 Å². The monoisotopic (exact) mass is 282 g/mol. The molecule has 0 saturated heterocycles. The average molecular weight is 282 g/mol. The number of nitro groups is 1. The van der Waals surface area contributed by atoms with Crippen molar-refractivity contribution in [3.05, 3.63) is 46.7 Å². The Bertz CT molecular complexity index is 717. The van der Waals surface area contributed by atoms with Crippen LogP contribution in [0, 0.1) is 22.0 Å². The van der Waals surface area contributed by atoms with Crippen LogP contribution in [0.1, 0.15) is 32.6 Å². The summed E-state index contributed by atoms with van der Waals surface area (Å²) in [6, 6.07) is 6.72. The Balaban J connectivity index is 2.07. The first-order valence-electron chi connectivity index (χ1n) is 7.12. The Morgan fingerprint density at radius 2 is 2.19 bits per heavy atom. The average Bonchev–Trinajstić information content (AvgIpc) is 2.88. The van der Waals surface area contributed by atoms with Gasteiger partial charge in [0.25, 0.3) is 5.69 Å². The summed E-state index contributed by atoms with van der Waals surface area (Å²) in [7, 11) is 0. The van der Waals surface area contributed by atoms with Crippen molar-refractivity contribution >= 4 is 22.8 Å². The number of fused-ring (bicyclic) bond motifs is 1. The van der Waals surface area contributed by atoms with Crippen molar-refractivity contribution in [3.63, 3.8) is 0 Å². The summed E-state index contributed by atoms with van der Waals surface area (Å²) in [6.07, 6.45) is 10.1. The van der Waals surface area contributed by atoms with Crippen molar-refractivity contribution < 1.29 is 4.92 Å². The summed E-state index contributed by atoms with van der Waals surface area (Å²) >= 11 is 0. The Kier molecular flexibility index (Phi) is 5.16. The first-order chi connectivity index (χ1) is 10.2. The van der Waals surface area contributed by atoms with Crippen LogP contribution in [0.3, 0.4) is 0 Å². The zero-order valence-electron chi connectivity index (χ0n) is 12.1. The molecule has 0 spiro atoms. The molecule has 0 N–H and O–H groups in total. The molecule has 21 heavy (non-hydrogen) atoms. The quantitative estimate of drug-likeness (QED) is 0.348. The molecule has 0 fully saturated rings. The van der Waals surface area contributed by atoms with Crippen LogP contribution >= 0.6 is 0 Å². The number of nitrogens with zero attached hydrogens (tertiary/aromatic N) is 2. The van der Waals surface area contributed by atoms with Gasteiger partial charge in [0.05, 0.1) is 10.4 Å². The van der Waals surface area contributed by atoms with Gasteiger partial charge in [0.15, 0.2) is 0 Å². The highest BCUT2D eigenvalue weighted by Crippen LogP contribution is 2.21. The minimum atomic E-state index is -0.381. The van der Waals surface area contributed by atoms with E-state index in [1.165, 1.54) is 18.9 Å². The number of hydrogen-bond acceptors (Lipinski definition) is 2. The fraction of sp³-hybridized carbons (Fsp3) is 0.294. The first kappa shape index (κ1) is 14.9. The van der Waals surface area contributed by atoms with E-state index in [2.05, 4.69) is 18.8 Å². The van der Waals surface area contributed by atoms with Crippen molar-refractivity contribution in [2.24, 2.45) is 0 Å². The second kappa shape index (κ2) is 7.30. The lowest BCUT2D eigenvalue weighted by Gasteiger charge is -1.96. The van der Waals surface area contributed by atoms with E-state index < -0.39 is 0 Å². The molecule has 0 unspecified atom stereocenters. The normalized spacial score (nSPS) is 10.7. The van der Waals surface area contributed by atoms with E-state index in [0.717, 1.165) is 23.7 Å². The van der Waals surface area contributed by atoms with Gasteiger partial charge < -0.3 is 4.57 Å². The molecular weight excluding hydrogens is 264 g/mol. The van der Waals surface area contributed by atoms with Crippen molar-refractivity contribution in [1.29, 1.82) is 0 Å².